The Morgan fingerprint density at radius 1 is 1.36 bits per heavy atom. The Kier molecular flexibility index (Phi) is 6.43. The molecule has 0 radical (unpaired) electrons. The molecule has 0 saturated carbocycles. The van der Waals surface area contributed by atoms with Gasteiger partial charge in [-0.25, -0.2) is 9.69 Å². The minimum atomic E-state index is -0.788. The summed E-state index contributed by atoms with van der Waals surface area (Å²) in [5.74, 6) is 0.183. The molecule has 0 aromatic carbocycles. The van der Waals surface area contributed by atoms with Crippen molar-refractivity contribution in [2.24, 2.45) is 11.8 Å². The molecule has 0 bridgehead atoms. The van der Waals surface area contributed by atoms with Gasteiger partial charge >= 0.3 is 12.0 Å². The van der Waals surface area contributed by atoms with Crippen LogP contribution in [0.5, 0.6) is 0 Å². The number of quaternary nitrogens is 1. The predicted octanol–water partition coefficient (Wildman–Crippen LogP) is 0.549. The van der Waals surface area contributed by atoms with Crippen LogP contribution < -0.4 is 10.2 Å². The van der Waals surface area contributed by atoms with E-state index in [0.29, 0.717) is 25.6 Å². The standard InChI is InChI=1S/C18H31N3O4/c1-5-25-15(22)14-7-10-20(11-8-14)12-21-16(23)18(4,19-17(21)24)9-6-13(2)3/h13-14H,5-12H2,1-4H3,(H,19,24)/p+1/t18-/m1/s1. The molecular weight excluding hydrogens is 322 g/mol. The van der Waals surface area contributed by atoms with Crippen molar-refractivity contribution in [1.82, 2.24) is 10.2 Å². The molecule has 2 aliphatic rings. The number of amides is 3. The summed E-state index contributed by atoms with van der Waals surface area (Å²) < 4.78 is 5.08. The number of esters is 1. The predicted molar refractivity (Wildman–Crippen MR) is 92.8 cm³/mol. The number of likely N-dealkylation sites (tertiary alicyclic amines) is 1. The number of carbonyl (C=O) groups excluding carboxylic acids is 3. The van der Waals surface area contributed by atoms with Gasteiger partial charge in [0.2, 0.25) is 0 Å². The molecule has 0 aromatic heterocycles. The lowest BCUT2D eigenvalue weighted by molar-refractivity contribution is -0.913. The molecule has 0 unspecified atom stereocenters. The maximum Gasteiger partial charge on any atom is 0.329 e. The highest BCUT2D eigenvalue weighted by Crippen LogP contribution is 2.24. The highest BCUT2D eigenvalue weighted by Gasteiger charge is 2.48. The Morgan fingerprint density at radius 2 is 2.00 bits per heavy atom. The first-order valence-corrected chi connectivity index (χ1v) is 9.41. The molecule has 2 saturated heterocycles. The second-order valence-corrected chi connectivity index (χ2v) is 7.86. The molecule has 2 rings (SSSR count). The van der Waals surface area contributed by atoms with Gasteiger partial charge in [-0.05, 0) is 32.6 Å². The molecule has 2 fully saturated rings. The molecule has 7 nitrogen and oxygen atoms in total. The lowest BCUT2D eigenvalue weighted by Crippen LogP contribution is -3.14. The molecule has 1 atom stereocenters. The van der Waals surface area contributed by atoms with Crippen molar-refractivity contribution in [1.29, 1.82) is 0 Å². The molecule has 0 aliphatic carbocycles. The largest absolute Gasteiger partial charge is 0.466 e. The van der Waals surface area contributed by atoms with E-state index in [1.54, 1.807) is 0 Å². The third kappa shape index (κ3) is 4.71. The molecule has 7 heteroatoms. The molecule has 3 amide bonds. The third-order valence-corrected chi connectivity index (χ3v) is 5.26. The Morgan fingerprint density at radius 3 is 2.56 bits per heavy atom. The van der Waals surface area contributed by atoms with E-state index < -0.39 is 5.54 Å². The number of piperidine rings is 1. The van der Waals surface area contributed by atoms with Gasteiger partial charge in [0.1, 0.15) is 5.54 Å². The van der Waals surface area contributed by atoms with Gasteiger partial charge in [-0.2, -0.15) is 0 Å². The topological polar surface area (TPSA) is 80.2 Å². The molecule has 2 heterocycles. The second kappa shape index (κ2) is 8.17. The highest BCUT2D eigenvalue weighted by atomic mass is 16.5. The van der Waals surface area contributed by atoms with E-state index in [2.05, 4.69) is 19.2 Å². The zero-order valence-corrected chi connectivity index (χ0v) is 15.9. The van der Waals surface area contributed by atoms with Crippen molar-refractivity contribution >= 4 is 17.9 Å². The summed E-state index contributed by atoms with van der Waals surface area (Å²) in [6.45, 7) is 10.2. The summed E-state index contributed by atoms with van der Waals surface area (Å²) in [5.41, 5.74) is -0.788. The summed E-state index contributed by atoms with van der Waals surface area (Å²) in [4.78, 5) is 39.3. The van der Waals surface area contributed by atoms with Crippen molar-refractivity contribution in [3.8, 4) is 0 Å². The number of imide groups is 1. The van der Waals surface area contributed by atoms with E-state index >= 15 is 0 Å². The monoisotopic (exact) mass is 354 g/mol. The van der Waals surface area contributed by atoms with E-state index in [1.807, 2.05) is 13.8 Å². The number of hydrogen-bond acceptors (Lipinski definition) is 4. The van der Waals surface area contributed by atoms with E-state index in [0.717, 1.165) is 37.3 Å². The quantitative estimate of drug-likeness (QED) is 0.517. The van der Waals surface area contributed by atoms with E-state index in [-0.39, 0.29) is 23.8 Å². The van der Waals surface area contributed by atoms with Crippen LogP contribution in [0.3, 0.4) is 0 Å². The van der Waals surface area contributed by atoms with E-state index in [9.17, 15) is 14.4 Å². The van der Waals surface area contributed by atoms with Gasteiger partial charge in [-0.15, -0.1) is 0 Å². The van der Waals surface area contributed by atoms with Crippen LogP contribution in [-0.4, -0.2) is 54.7 Å². The Bertz CT molecular complexity index is 514. The molecule has 142 valence electrons. The van der Waals surface area contributed by atoms with Crippen LogP contribution in [0.15, 0.2) is 0 Å². The molecule has 25 heavy (non-hydrogen) atoms. The summed E-state index contributed by atoms with van der Waals surface area (Å²) in [6, 6.07) is -0.295. The van der Waals surface area contributed by atoms with Crippen molar-refractivity contribution in [3.63, 3.8) is 0 Å². The van der Waals surface area contributed by atoms with Gasteiger partial charge in [0.05, 0.1) is 25.6 Å². The van der Waals surface area contributed by atoms with Crippen molar-refractivity contribution in [2.45, 2.75) is 58.9 Å². The van der Waals surface area contributed by atoms with Gasteiger partial charge < -0.3 is 15.0 Å². The van der Waals surface area contributed by atoms with E-state index in [1.165, 1.54) is 4.90 Å². The summed E-state index contributed by atoms with van der Waals surface area (Å²) in [5, 5.41) is 2.87. The molecule has 2 N–H and O–H groups in total. The van der Waals surface area contributed by atoms with E-state index in [4.69, 9.17) is 4.74 Å². The SMILES string of the molecule is CCOC(=O)C1CC[NH+](CN2C(=O)N[C@](C)(CCC(C)C)C2=O)CC1. The van der Waals surface area contributed by atoms with Crippen LogP contribution in [-0.2, 0) is 14.3 Å². The zero-order chi connectivity index (χ0) is 18.6. The van der Waals surface area contributed by atoms with Gasteiger partial charge in [0, 0.05) is 12.8 Å². The summed E-state index contributed by atoms with van der Waals surface area (Å²) >= 11 is 0. The summed E-state index contributed by atoms with van der Waals surface area (Å²) in [7, 11) is 0. The Balaban J connectivity index is 1.88. The Hall–Kier alpha value is -1.63. The number of carbonyl (C=O) groups is 3. The van der Waals surface area contributed by atoms with Crippen molar-refractivity contribution < 1.29 is 24.0 Å². The number of nitrogens with one attached hydrogen (secondary N) is 2. The van der Waals surface area contributed by atoms with Crippen molar-refractivity contribution in [2.75, 3.05) is 26.4 Å². The van der Waals surface area contributed by atoms with Crippen LogP contribution in [0.4, 0.5) is 4.79 Å². The fourth-order valence-corrected chi connectivity index (χ4v) is 3.54. The van der Waals surface area contributed by atoms with Crippen LogP contribution >= 0.6 is 0 Å². The minimum absolute atomic E-state index is 0.0527. The number of rotatable bonds is 7. The highest BCUT2D eigenvalue weighted by molar-refractivity contribution is 6.06. The smallest absolute Gasteiger partial charge is 0.329 e. The van der Waals surface area contributed by atoms with Gasteiger partial charge in [-0.1, -0.05) is 13.8 Å². The number of hydrogen-bond donors (Lipinski definition) is 2. The van der Waals surface area contributed by atoms with Crippen LogP contribution in [0.2, 0.25) is 0 Å². The lowest BCUT2D eigenvalue weighted by Gasteiger charge is -2.30. The lowest BCUT2D eigenvalue weighted by atomic mass is 9.92. The number of nitrogens with zero attached hydrogens (tertiary/aromatic N) is 1. The fourth-order valence-electron chi connectivity index (χ4n) is 3.54. The molecule has 0 spiro atoms. The van der Waals surface area contributed by atoms with Gasteiger partial charge in [0.15, 0.2) is 6.67 Å². The molecule has 2 aliphatic heterocycles. The maximum atomic E-state index is 12.7. The Labute approximate surface area is 150 Å². The second-order valence-electron chi connectivity index (χ2n) is 7.86. The average Bonchev–Trinajstić information content (AvgIpc) is 2.78. The van der Waals surface area contributed by atoms with Crippen LogP contribution in [0, 0.1) is 11.8 Å². The molecule has 0 aromatic rings. The summed E-state index contributed by atoms with van der Waals surface area (Å²) in [6.07, 6.45) is 3.03. The first-order valence-electron chi connectivity index (χ1n) is 9.41. The average molecular weight is 354 g/mol. The minimum Gasteiger partial charge on any atom is -0.466 e. The van der Waals surface area contributed by atoms with Crippen LogP contribution in [0.1, 0.15) is 53.4 Å². The number of urea groups is 1. The maximum absolute atomic E-state index is 12.7. The van der Waals surface area contributed by atoms with Crippen LogP contribution in [0.25, 0.3) is 0 Å². The third-order valence-electron chi connectivity index (χ3n) is 5.26. The first-order chi connectivity index (χ1) is 11.8. The number of ether oxygens (including phenoxy) is 1. The van der Waals surface area contributed by atoms with Gasteiger partial charge in [0.25, 0.3) is 5.91 Å². The molecular formula is C18H32N3O4+. The van der Waals surface area contributed by atoms with Crippen molar-refractivity contribution in [3.05, 3.63) is 0 Å². The first kappa shape index (κ1) is 19.7. The van der Waals surface area contributed by atoms with Gasteiger partial charge in [-0.3, -0.25) is 9.59 Å². The fraction of sp³-hybridized carbons (Fsp3) is 0.833. The normalized spacial score (nSPS) is 29.9. The zero-order valence-electron chi connectivity index (χ0n) is 15.9.